The highest BCUT2D eigenvalue weighted by molar-refractivity contribution is 8.00. The van der Waals surface area contributed by atoms with E-state index in [1.54, 1.807) is 12.1 Å². The molecule has 0 amide bonds. The molecule has 1 saturated heterocycles. The Morgan fingerprint density at radius 1 is 1.55 bits per heavy atom. The summed E-state index contributed by atoms with van der Waals surface area (Å²) in [5.74, 6) is 1.71. The van der Waals surface area contributed by atoms with Crippen LogP contribution in [0.2, 0.25) is 0 Å². The molecule has 1 fully saturated rings. The average molecular weight is 296 g/mol. The zero-order valence-electron chi connectivity index (χ0n) is 11.8. The third kappa shape index (κ3) is 3.56. The topological polar surface area (TPSA) is 64.4 Å². The van der Waals surface area contributed by atoms with Gasteiger partial charge >= 0.3 is 0 Å². The average Bonchev–Trinajstić information content (AvgIpc) is 2.43. The van der Waals surface area contributed by atoms with Crippen molar-refractivity contribution in [2.24, 2.45) is 0 Å². The number of nitrogens with zero attached hydrogens (tertiary/aromatic N) is 1. The number of nitro benzene ring substituents is 1. The molecular weight excluding hydrogens is 276 g/mol. The third-order valence-corrected chi connectivity index (χ3v) is 4.80. The van der Waals surface area contributed by atoms with Gasteiger partial charge in [-0.05, 0) is 37.7 Å². The molecule has 0 aromatic heterocycles. The summed E-state index contributed by atoms with van der Waals surface area (Å²) in [6, 6.07) is 5.30. The molecule has 1 N–H and O–H groups in total. The number of ether oxygens (including phenoxy) is 1. The summed E-state index contributed by atoms with van der Waals surface area (Å²) in [5, 5.41) is 15.0. The second-order valence-corrected chi connectivity index (χ2v) is 6.32. The zero-order chi connectivity index (χ0) is 14.5. The van der Waals surface area contributed by atoms with E-state index in [0.29, 0.717) is 23.3 Å². The molecule has 0 aliphatic carbocycles. The molecule has 1 aliphatic heterocycles. The number of nitrogens with one attached hydrogen (secondary N) is 1. The first-order chi connectivity index (χ1) is 9.61. The molecule has 0 saturated carbocycles. The minimum atomic E-state index is -0.356. The number of thioether (sulfide) groups is 1. The normalized spacial score (nSPS) is 22.3. The summed E-state index contributed by atoms with van der Waals surface area (Å²) in [4.78, 5) is 10.9. The summed E-state index contributed by atoms with van der Waals surface area (Å²) >= 11 is 1.91. The van der Waals surface area contributed by atoms with E-state index < -0.39 is 0 Å². The maximum absolute atomic E-state index is 11.2. The number of hydrogen-bond donors (Lipinski definition) is 1. The smallest absolute Gasteiger partial charge is 0.296 e. The Morgan fingerprint density at radius 3 is 3.00 bits per heavy atom. The van der Waals surface area contributed by atoms with E-state index >= 15 is 0 Å². The lowest BCUT2D eigenvalue weighted by Gasteiger charge is -2.29. The van der Waals surface area contributed by atoms with Crippen LogP contribution >= 0.6 is 11.8 Å². The Bertz CT molecular complexity index is 481. The van der Waals surface area contributed by atoms with Gasteiger partial charge in [0.1, 0.15) is 11.4 Å². The minimum absolute atomic E-state index is 0.0822. The molecule has 0 spiro atoms. The molecular formula is C14H20N2O3S. The van der Waals surface area contributed by atoms with E-state index in [-0.39, 0.29) is 16.7 Å². The Balaban J connectivity index is 2.19. The van der Waals surface area contributed by atoms with Gasteiger partial charge in [-0.1, -0.05) is 6.92 Å². The zero-order valence-corrected chi connectivity index (χ0v) is 12.6. The van der Waals surface area contributed by atoms with Crippen molar-refractivity contribution in [3.05, 3.63) is 28.3 Å². The van der Waals surface area contributed by atoms with E-state index in [4.69, 9.17) is 4.74 Å². The standard InChI is InChI=1S/C14H20N2O3S/c1-3-19-11-6-7-13(14(9-11)16(17)18)15-12-5-4-8-20-10(12)2/h6-7,9-10,12,15H,3-5,8H2,1-2H3. The number of benzene rings is 1. The van der Waals surface area contributed by atoms with Crippen molar-refractivity contribution in [3.63, 3.8) is 0 Å². The highest BCUT2D eigenvalue weighted by atomic mass is 32.2. The fourth-order valence-corrected chi connectivity index (χ4v) is 3.50. The van der Waals surface area contributed by atoms with Crippen molar-refractivity contribution in [1.29, 1.82) is 0 Å². The van der Waals surface area contributed by atoms with E-state index in [9.17, 15) is 10.1 Å². The van der Waals surface area contributed by atoms with Crippen molar-refractivity contribution in [1.82, 2.24) is 0 Å². The van der Waals surface area contributed by atoms with Crippen LogP contribution in [0.1, 0.15) is 26.7 Å². The van der Waals surface area contributed by atoms with Gasteiger partial charge in [-0.2, -0.15) is 11.8 Å². The van der Waals surface area contributed by atoms with E-state index in [0.717, 1.165) is 12.8 Å². The molecule has 6 heteroatoms. The van der Waals surface area contributed by atoms with Crippen LogP contribution in [-0.2, 0) is 0 Å². The number of rotatable bonds is 5. The van der Waals surface area contributed by atoms with Gasteiger partial charge in [0, 0.05) is 11.3 Å². The predicted octanol–water partition coefficient (Wildman–Crippen LogP) is 3.69. The second-order valence-electron chi connectivity index (χ2n) is 4.84. The van der Waals surface area contributed by atoms with Crippen LogP contribution in [0.15, 0.2) is 18.2 Å². The van der Waals surface area contributed by atoms with Crippen LogP contribution in [0.25, 0.3) is 0 Å². The second kappa shape index (κ2) is 6.83. The van der Waals surface area contributed by atoms with Crippen molar-refractivity contribution in [2.75, 3.05) is 17.7 Å². The molecule has 0 radical (unpaired) electrons. The monoisotopic (exact) mass is 296 g/mol. The Morgan fingerprint density at radius 2 is 2.35 bits per heavy atom. The largest absolute Gasteiger partial charge is 0.494 e. The summed E-state index contributed by atoms with van der Waals surface area (Å²) in [6.07, 6.45) is 2.20. The van der Waals surface area contributed by atoms with Crippen molar-refractivity contribution >= 4 is 23.1 Å². The molecule has 1 aliphatic rings. The van der Waals surface area contributed by atoms with Crippen LogP contribution in [0, 0.1) is 10.1 Å². The summed E-state index contributed by atoms with van der Waals surface area (Å²) in [7, 11) is 0. The highest BCUT2D eigenvalue weighted by Gasteiger charge is 2.24. The van der Waals surface area contributed by atoms with Gasteiger partial charge in [-0.3, -0.25) is 10.1 Å². The lowest BCUT2D eigenvalue weighted by molar-refractivity contribution is -0.384. The van der Waals surface area contributed by atoms with Crippen LogP contribution < -0.4 is 10.1 Å². The molecule has 1 aromatic rings. The number of nitro groups is 1. The molecule has 1 heterocycles. The van der Waals surface area contributed by atoms with E-state index in [2.05, 4.69) is 12.2 Å². The van der Waals surface area contributed by atoms with Crippen molar-refractivity contribution in [3.8, 4) is 5.75 Å². The van der Waals surface area contributed by atoms with Crippen LogP contribution in [-0.4, -0.2) is 28.6 Å². The summed E-state index contributed by atoms with van der Waals surface area (Å²) in [6.45, 7) is 4.53. The van der Waals surface area contributed by atoms with Gasteiger partial charge in [0.15, 0.2) is 0 Å². The SMILES string of the molecule is CCOc1ccc(NC2CCCSC2C)c([N+](=O)[O-])c1. The van der Waals surface area contributed by atoms with Gasteiger partial charge in [0.2, 0.25) is 0 Å². The van der Waals surface area contributed by atoms with E-state index in [1.807, 2.05) is 18.7 Å². The molecule has 20 heavy (non-hydrogen) atoms. The molecule has 0 bridgehead atoms. The first-order valence-corrected chi connectivity index (χ1v) is 7.96. The first-order valence-electron chi connectivity index (χ1n) is 6.91. The summed E-state index contributed by atoms with van der Waals surface area (Å²) < 4.78 is 5.33. The van der Waals surface area contributed by atoms with Crippen LogP contribution in [0.5, 0.6) is 5.75 Å². The fraction of sp³-hybridized carbons (Fsp3) is 0.571. The van der Waals surface area contributed by atoms with Gasteiger partial charge in [0.05, 0.1) is 17.6 Å². The Labute approximate surface area is 123 Å². The minimum Gasteiger partial charge on any atom is -0.494 e. The number of hydrogen-bond acceptors (Lipinski definition) is 5. The molecule has 110 valence electrons. The third-order valence-electron chi connectivity index (χ3n) is 3.42. The Kier molecular flexibility index (Phi) is 5.11. The first kappa shape index (κ1) is 15.0. The molecule has 5 nitrogen and oxygen atoms in total. The van der Waals surface area contributed by atoms with Crippen LogP contribution in [0.3, 0.4) is 0 Å². The lowest BCUT2D eigenvalue weighted by atomic mass is 10.1. The maximum atomic E-state index is 11.2. The number of anilines is 1. The highest BCUT2D eigenvalue weighted by Crippen LogP contribution is 2.33. The van der Waals surface area contributed by atoms with Crippen LogP contribution in [0.4, 0.5) is 11.4 Å². The fourth-order valence-electron chi connectivity index (χ4n) is 2.35. The van der Waals surface area contributed by atoms with Crippen molar-refractivity contribution < 1.29 is 9.66 Å². The van der Waals surface area contributed by atoms with Gasteiger partial charge < -0.3 is 10.1 Å². The quantitative estimate of drug-likeness (QED) is 0.663. The maximum Gasteiger partial charge on any atom is 0.296 e. The van der Waals surface area contributed by atoms with E-state index in [1.165, 1.54) is 11.8 Å². The van der Waals surface area contributed by atoms with Gasteiger partial charge in [0.25, 0.3) is 5.69 Å². The molecule has 2 atom stereocenters. The Hall–Kier alpha value is -1.43. The lowest BCUT2D eigenvalue weighted by Crippen LogP contribution is -2.32. The predicted molar refractivity (Wildman–Crippen MR) is 82.8 cm³/mol. The molecule has 2 unspecified atom stereocenters. The van der Waals surface area contributed by atoms with Gasteiger partial charge in [-0.25, -0.2) is 0 Å². The van der Waals surface area contributed by atoms with Crippen molar-refractivity contribution in [2.45, 2.75) is 38.0 Å². The molecule has 1 aromatic carbocycles. The summed E-state index contributed by atoms with van der Waals surface area (Å²) in [5.41, 5.74) is 0.663. The van der Waals surface area contributed by atoms with Gasteiger partial charge in [-0.15, -0.1) is 0 Å². The molecule has 2 rings (SSSR count).